The molecular formula is C18H24N4. The Labute approximate surface area is 132 Å². The van der Waals surface area contributed by atoms with E-state index < -0.39 is 0 Å². The summed E-state index contributed by atoms with van der Waals surface area (Å²) < 4.78 is 0. The highest BCUT2D eigenvalue weighted by Gasteiger charge is 2.20. The first-order chi connectivity index (χ1) is 10.8. The minimum Gasteiger partial charge on any atom is -0.356 e. The van der Waals surface area contributed by atoms with E-state index >= 15 is 0 Å². The lowest BCUT2D eigenvalue weighted by Crippen LogP contribution is -2.36. The third-order valence-electron chi connectivity index (χ3n) is 4.31. The number of hydrogen-bond donors (Lipinski definition) is 1. The van der Waals surface area contributed by atoms with Crippen molar-refractivity contribution in [3.8, 4) is 0 Å². The van der Waals surface area contributed by atoms with Crippen molar-refractivity contribution in [2.45, 2.75) is 25.7 Å². The van der Waals surface area contributed by atoms with Crippen LogP contribution in [-0.4, -0.2) is 29.6 Å². The van der Waals surface area contributed by atoms with Gasteiger partial charge in [-0.1, -0.05) is 30.3 Å². The van der Waals surface area contributed by atoms with Crippen LogP contribution in [0.3, 0.4) is 0 Å². The van der Waals surface area contributed by atoms with Gasteiger partial charge >= 0.3 is 0 Å². The molecule has 1 fully saturated rings. The quantitative estimate of drug-likeness (QED) is 0.921. The Kier molecular flexibility index (Phi) is 5.01. The van der Waals surface area contributed by atoms with Crippen LogP contribution in [0.2, 0.25) is 0 Å². The Balaban J connectivity index is 1.70. The van der Waals surface area contributed by atoms with Crippen LogP contribution >= 0.6 is 0 Å². The van der Waals surface area contributed by atoms with E-state index in [1.807, 2.05) is 18.3 Å². The standard InChI is InChI=1S/C18H24N4/c19-10-8-16-7-4-12-22(14-16)18-9-11-20-17(21-18)13-15-5-2-1-3-6-15/h1-3,5-6,9,11,16H,4,7-8,10,12-14,19H2. The molecule has 1 aromatic carbocycles. The third-order valence-corrected chi connectivity index (χ3v) is 4.31. The summed E-state index contributed by atoms with van der Waals surface area (Å²) in [5.41, 5.74) is 6.96. The zero-order valence-corrected chi connectivity index (χ0v) is 13.0. The summed E-state index contributed by atoms with van der Waals surface area (Å²) in [7, 11) is 0. The number of aromatic nitrogens is 2. The van der Waals surface area contributed by atoms with Crippen molar-refractivity contribution in [2.24, 2.45) is 11.7 Å². The molecule has 1 aromatic heterocycles. The summed E-state index contributed by atoms with van der Waals surface area (Å²) in [6.45, 7) is 2.93. The van der Waals surface area contributed by atoms with Crippen molar-refractivity contribution in [1.29, 1.82) is 0 Å². The van der Waals surface area contributed by atoms with Crippen LogP contribution < -0.4 is 10.6 Å². The Morgan fingerprint density at radius 3 is 2.86 bits per heavy atom. The summed E-state index contributed by atoms with van der Waals surface area (Å²) in [6, 6.07) is 12.4. The summed E-state index contributed by atoms with van der Waals surface area (Å²) in [6.07, 6.45) is 6.29. The maximum Gasteiger partial charge on any atom is 0.135 e. The average Bonchev–Trinajstić information content (AvgIpc) is 2.57. The second-order valence-corrected chi connectivity index (χ2v) is 6.03. The second kappa shape index (κ2) is 7.36. The molecule has 0 aliphatic carbocycles. The predicted octanol–water partition coefficient (Wildman–Crippen LogP) is 2.63. The van der Waals surface area contributed by atoms with E-state index in [0.29, 0.717) is 5.92 Å². The first kappa shape index (κ1) is 15.0. The highest BCUT2D eigenvalue weighted by Crippen LogP contribution is 2.23. The van der Waals surface area contributed by atoms with Crippen LogP contribution in [0.25, 0.3) is 0 Å². The Morgan fingerprint density at radius 2 is 2.05 bits per heavy atom. The normalized spacial score (nSPS) is 18.4. The molecule has 1 saturated heterocycles. The SMILES string of the molecule is NCCC1CCCN(c2ccnc(Cc3ccccc3)n2)C1. The molecule has 1 aliphatic rings. The fraction of sp³-hybridized carbons (Fsp3) is 0.444. The number of nitrogens with two attached hydrogens (primary N) is 1. The largest absolute Gasteiger partial charge is 0.356 e. The van der Waals surface area contributed by atoms with E-state index in [4.69, 9.17) is 10.7 Å². The summed E-state index contributed by atoms with van der Waals surface area (Å²) in [5, 5.41) is 0. The highest BCUT2D eigenvalue weighted by atomic mass is 15.2. The summed E-state index contributed by atoms with van der Waals surface area (Å²) >= 11 is 0. The molecule has 1 atom stereocenters. The van der Waals surface area contributed by atoms with Gasteiger partial charge in [-0.2, -0.15) is 0 Å². The first-order valence-corrected chi connectivity index (χ1v) is 8.16. The third kappa shape index (κ3) is 3.83. The van der Waals surface area contributed by atoms with Crippen LogP contribution in [0.4, 0.5) is 5.82 Å². The zero-order valence-electron chi connectivity index (χ0n) is 13.0. The lowest BCUT2D eigenvalue weighted by Gasteiger charge is -2.33. The van der Waals surface area contributed by atoms with Crippen LogP contribution in [0, 0.1) is 5.92 Å². The van der Waals surface area contributed by atoms with Gasteiger partial charge < -0.3 is 10.6 Å². The topological polar surface area (TPSA) is 55.0 Å². The van der Waals surface area contributed by atoms with Crippen LogP contribution in [0.5, 0.6) is 0 Å². The Bertz CT molecular complexity index is 583. The molecule has 1 aliphatic heterocycles. The van der Waals surface area contributed by atoms with E-state index in [-0.39, 0.29) is 0 Å². The van der Waals surface area contributed by atoms with Gasteiger partial charge in [-0.05, 0) is 43.4 Å². The molecular weight excluding hydrogens is 272 g/mol. The Morgan fingerprint density at radius 1 is 1.18 bits per heavy atom. The van der Waals surface area contributed by atoms with Crippen molar-refractivity contribution in [3.05, 3.63) is 54.0 Å². The first-order valence-electron chi connectivity index (χ1n) is 8.16. The van der Waals surface area contributed by atoms with Crippen molar-refractivity contribution in [1.82, 2.24) is 9.97 Å². The van der Waals surface area contributed by atoms with Crippen molar-refractivity contribution >= 4 is 5.82 Å². The number of piperidine rings is 1. The second-order valence-electron chi connectivity index (χ2n) is 6.03. The van der Waals surface area contributed by atoms with E-state index in [9.17, 15) is 0 Å². The highest BCUT2D eigenvalue weighted by molar-refractivity contribution is 5.38. The van der Waals surface area contributed by atoms with E-state index in [1.54, 1.807) is 0 Å². The van der Waals surface area contributed by atoms with Gasteiger partial charge in [0.05, 0.1) is 0 Å². The number of rotatable bonds is 5. The number of anilines is 1. The average molecular weight is 296 g/mol. The maximum atomic E-state index is 5.71. The molecule has 2 N–H and O–H groups in total. The molecule has 2 heterocycles. The minimum atomic E-state index is 0.700. The predicted molar refractivity (Wildman–Crippen MR) is 89.9 cm³/mol. The lowest BCUT2D eigenvalue weighted by atomic mass is 9.95. The molecule has 0 radical (unpaired) electrons. The van der Waals surface area contributed by atoms with Gasteiger partial charge in [0, 0.05) is 25.7 Å². The number of benzene rings is 1. The smallest absolute Gasteiger partial charge is 0.135 e. The van der Waals surface area contributed by atoms with Gasteiger partial charge in [-0.3, -0.25) is 0 Å². The van der Waals surface area contributed by atoms with Gasteiger partial charge in [0.25, 0.3) is 0 Å². The fourth-order valence-corrected chi connectivity index (χ4v) is 3.17. The molecule has 2 aromatic rings. The monoisotopic (exact) mass is 296 g/mol. The van der Waals surface area contributed by atoms with Gasteiger partial charge in [0.1, 0.15) is 11.6 Å². The molecule has 0 bridgehead atoms. The van der Waals surface area contributed by atoms with Crippen molar-refractivity contribution in [2.75, 3.05) is 24.5 Å². The van der Waals surface area contributed by atoms with E-state index in [2.05, 4.69) is 34.1 Å². The van der Waals surface area contributed by atoms with Gasteiger partial charge in [-0.25, -0.2) is 9.97 Å². The van der Waals surface area contributed by atoms with Gasteiger partial charge in [-0.15, -0.1) is 0 Å². The van der Waals surface area contributed by atoms with E-state index in [1.165, 1.54) is 18.4 Å². The fourth-order valence-electron chi connectivity index (χ4n) is 3.17. The van der Waals surface area contributed by atoms with Gasteiger partial charge in [0.15, 0.2) is 0 Å². The van der Waals surface area contributed by atoms with Crippen molar-refractivity contribution in [3.63, 3.8) is 0 Å². The molecule has 3 rings (SSSR count). The molecule has 4 nitrogen and oxygen atoms in total. The minimum absolute atomic E-state index is 0.700. The van der Waals surface area contributed by atoms with Crippen molar-refractivity contribution < 1.29 is 0 Å². The molecule has 116 valence electrons. The molecule has 1 unspecified atom stereocenters. The molecule has 4 heteroatoms. The van der Waals surface area contributed by atoms with Gasteiger partial charge in [0.2, 0.25) is 0 Å². The van der Waals surface area contributed by atoms with Crippen LogP contribution in [0.1, 0.15) is 30.7 Å². The number of hydrogen-bond acceptors (Lipinski definition) is 4. The maximum absolute atomic E-state index is 5.71. The number of nitrogens with zero attached hydrogens (tertiary/aromatic N) is 3. The lowest BCUT2D eigenvalue weighted by molar-refractivity contribution is 0.394. The Hall–Kier alpha value is -1.94. The summed E-state index contributed by atoms with van der Waals surface area (Å²) in [4.78, 5) is 11.6. The molecule has 0 amide bonds. The molecule has 22 heavy (non-hydrogen) atoms. The molecule has 0 saturated carbocycles. The zero-order chi connectivity index (χ0) is 15.2. The van der Waals surface area contributed by atoms with E-state index in [0.717, 1.165) is 44.1 Å². The molecule has 0 spiro atoms. The van der Waals surface area contributed by atoms with Crippen LogP contribution in [-0.2, 0) is 6.42 Å². The summed E-state index contributed by atoms with van der Waals surface area (Å²) in [5.74, 6) is 2.65. The van der Waals surface area contributed by atoms with Crippen LogP contribution in [0.15, 0.2) is 42.6 Å².